The van der Waals surface area contributed by atoms with Gasteiger partial charge in [0.1, 0.15) is 0 Å². The third-order valence-electron chi connectivity index (χ3n) is 2.49. The van der Waals surface area contributed by atoms with Crippen molar-refractivity contribution in [3.63, 3.8) is 0 Å². The van der Waals surface area contributed by atoms with Gasteiger partial charge in [-0.25, -0.2) is 0 Å². The number of hydrogen-bond acceptors (Lipinski definition) is 1. The highest BCUT2D eigenvalue weighted by atomic mass is 35.5. The minimum Gasteiger partial charge on any atom is -0.345 e. The SMILES string of the molecule is CN(CC1CCC1)C(=O)CCCl. The summed E-state index contributed by atoms with van der Waals surface area (Å²) in [6.07, 6.45) is 4.39. The molecule has 0 spiro atoms. The minimum absolute atomic E-state index is 0.178. The second kappa shape index (κ2) is 4.70. The van der Waals surface area contributed by atoms with Gasteiger partial charge >= 0.3 is 0 Å². The molecule has 3 heteroatoms. The molecule has 0 bridgehead atoms. The molecule has 0 aromatic carbocycles. The smallest absolute Gasteiger partial charge is 0.223 e. The van der Waals surface area contributed by atoms with Crippen LogP contribution in [0.5, 0.6) is 0 Å². The van der Waals surface area contributed by atoms with E-state index in [9.17, 15) is 4.79 Å². The first kappa shape index (κ1) is 9.85. The Morgan fingerprint density at radius 3 is 2.67 bits per heavy atom. The summed E-state index contributed by atoms with van der Waals surface area (Å²) in [5.74, 6) is 1.37. The average molecular weight is 190 g/mol. The normalized spacial score (nSPS) is 17.2. The van der Waals surface area contributed by atoms with E-state index in [1.807, 2.05) is 11.9 Å². The van der Waals surface area contributed by atoms with E-state index in [1.165, 1.54) is 19.3 Å². The van der Waals surface area contributed by atoms with Crippen molar-refractivity contribution in [2.45, 2.75) is 25.7 Å². The van der Waals surface area contributed by atoms with Crippen molar-refractivity contribution in [3.05, 3.63) is 0 Å². The Balaban J connectivity index is 2.16. The van der Waals surface area contributed by atoms with E-state index in [0.717, 1.165) is 12.5 Å². The quantitative estimate of drug-likeness (QED) is 0.619. The Bertz CT molecular complexity index is 157. The molecular formula is C9H16ClNO. The third kappa shape index (κ3) is 2.67. The van der Waals surface area contributed by atoms with Crippen molar-refractivity contribution >= 4 is 17.5 Å². The fourth-order valence-electron chi connectivity index (χ4n) is 1.44. The summed E-state index contributed by atoms with van der Waals surface area (Å²) in [5, 5.41) is 0. The molecule has 1 saturated carbocycles. The zero-order valence-corrected chi connectivity index (χ0v) is 8.31. The summed E-state index contributed by atoms with van der Waals surface area (Å²) in [5.41, 5.74) is 0. The summed E-state index contributed by atoms with van der Waals surface area (Å²) in [4.78, 5) is 13.1. The topological polar surface area (TPSA) is 20.3 Å². The lowest BCUT2D eigenvalue weighted by Gasteiger charge is -2.30. The molecule has 0 saturated heterocycles. The Kier molecular flexibility index (Phi) is 3.86. The van der Waals surface area contributed by atoms with Gasteiger partial charge in [-0.1, -0.05) is 6.42 Å². The van der Waals surface area contributed by atoms with Crippen molar-refractivity contribution in [3.8, 4) is 0 Å². The summed E-state index contributed by atoms with van der Waals surface area (Å²) in [6.45, 7) is 0.926. The molecule has 1 rings (SSSR count). The van der Waals surface area contributed by atoms with E-state index in [2.05, 4.69) is 0 Å². The molecule has 0 radical (unpaired) electrons. The van der Waals surface area contributed by atoms with Crippen molar-refractivity contribution < 1.29 is 4.79 Å². The zero-order valence-electron chi connectivity index (χ0n) is 7.55. The number of carbonyl (C=O) groups excluding carboxylic acids is 1. The summed E-state index contributed by atoms with van der Waals surface area (Å²) < 4.78 is 0. The molecule has 0 heterocycles. The van der Waals surface area contributed by atoms with Gasteiger partial charge in [0.15, 0.2) is 0 Å². The van der Waals surface area contributed by atoms with E-state index in [0.29, 0.717) is 12.3 Å². The predicted molar refractivity (Wildman–Crippen MR) is 50.3 cm³/mol. The maximum absolute atomic E-state index is 11.3. The highest BCUT2D eigenvalue weighted by Crippen LogP contribution is 2.26. The van der Waals surface area contributed by atoms with Gasteiger partial charge < -0.3 is 4.90 Å². The van der Waals surface area contributed by atoms with Gasteiger partial charge in [-0.3, -0.25) is 4.79 Å². The van der Waals surface area contributed by atoms with Gasteiger partial charge in [0.25, 0.3) is 0 Å². The Labute approximate surface area is 78.9 Å². The number of amides is 1. The Morgan fingerprint density at radius 2 is 2.25 bits per heavy atom. The molecule has 2 nitrogen and oxygen atoms in total. The maximum atomic E-state index is 11.3. The molecule has 0 aliphatic heterocycles. The van der Waals surface area contributed by atoms with E-state index < -0.39 is 0 Å². The van der Waals surface area contributed by atoms with Crippen LogP contribution in [0.25, 0.3) is 0 Å². The highest BCUT2D eigenvalue weighted by Gasteiger charge is 2.20. The molecule has 1 amide bonds. The number of rotatable bonds is 4. The highest BCUT2D eigenvalue weighted by molar-refractivity contribution is 6.18. The molecule has 0 aromatic heterocycles. The van der Waals surface area contributed by atoms with E-state index >= 15 is 0 Å². The number of carbonyl (C=O) groups is 1. The first-order valence-electron chi connectivity index (χ1n) is 4.54. The van der Waals surface area contributed by atoms with Gasteiger partial charge in [-0.05, 0) is 18.8 Å². The van der Waals surface area contributed by atoms with Gasteiger partial charge in [-0.2, -0.15) is 0 Å². The van der Waals surface area contributed by atoms with Crippen LogP contribution in [0.15, 0.2) is 0 Å². The van der Waals surface area contributed by atoms with Crippen molar-refractivity contribution in [1.82, 2.24) is 4.90 Å². The molecule has 0 atom stereocenters. The van der Waals surface area contributed by atoms with Crippen molar-refractivity contribution in [2.75, 3.05) is 19.5 Å². The van der Waals surface area contributed by atoms with Crippen LogP contribution in [0.1, 0.15) is 25.7 Å². The standard InChI is InChI=1S/C9H16ClNO/c1-11(9(12)5-6-10)7-8-3-2-4-8/h8H,2-7H2,1H3. The van der Waals surface area contributed by atoms with Crippen LogP contribution in [0.4, 0.5) is 0 Å². The van der Waals surface area contributed by atoms with Crippen molar-refractivity contribution in [2.24, 2.45) is 5.92 Å². The lowest BCUT2D eigenvalue weighted by molar-refractivity contribution is -0.130. The zero-order chi connectivity index (χ0) is 8.97. The number of hydrogen-bond donors (Lipinski definition) is 0. The lowest BCUT2D eigenvalue weighted by Crippen LogP contribution is -2.34. The Hall–Kier alpha value is -0.240. The molecule has 1 aliphatic rings. The van der Waals surface area contributed by atoms with Crippen LogP contribution in [-0.2, 0) is 4.79 Å². The molecule has 0 aromatic rings. The second-order valence-corrected chi connectivity index (χ2v) is 3.89. The summed E-state index contributed by atoms with van der Waals surface area (Å²) >= 11 is 5.48. The van der Waals surface area contributed by atoms with Crippen LogP contribution in [0.3, 0.4) is 0 Å². The molecule has 0 unspecified atom stereocenters. The first-order valence-corrected chi connectivity index (χ1v) is 5.07. The van der Waals surface area contributed by atoms with Crippen LogP contribution < -0.4 is 0 Å². The van der Waals surface area contributed by atoms with Crippen LogP contribution >= 0.6 is 11.6 Å². The van der Waals surface area contributed by atoms with Crippen LogP contribution in [0, 0.1) is 5.92 Å². The molecule has 70 valence electrons. The van der Waals surface area contributed by atoms with Gasteiger partial charge in [0.05, 0.1) is 0 Å². The van der Waals surface area contributed by atoms with Gasteiger partial charge in [0, 0.05) is 25.9 Å². The molecular weight excluding hydrogens is 174 g/mol. The molecule has 0 N–H and O–H groups in total. The van der Waals surface area contributed by atoms with Gasteiger partial charge in [-0.15, -0.1) is 11.6 Å². The van der Waals surface area contributed by atoms with Gasteiger partial charge in [0.2, 0.25) is 5.91 Å². The van der Waals surface area contributed by atoms with E-state index in [-0.39, 0.29) is 5.91 Å². The fraction of sp³-hybridized carbons (Fsp3) is 0.889. The number of nitrogens with zero attached hydrogens (tertiary/aromatic N) is 1. The maximum Gasteiger partial charge on any atom is 0.223 e. The molecule has 1 aliphatic carbocycles. The Morgan fingerprint density at radius 1 is 1.58 bits per heavy atom. The van der Waals surface area contributed by atoms with Crippen molar-refractivity contribution in [1.29, 1.82) is 0 Å². The second-order valence-electron chi connectivity index (χ2n) is 3.51. The van der Waals surface area contributed by atoms with E-state index in [4.69, 9.17) is 11.6 Å². The average Bonchev–Trinajstić information content (AvgIpc) is 1.97. The summed E-state index contributed by atoms with van der Waals surface area (Å²) in [6, 6.07) is 0. The third-order valence-corrected chi connectivity index (χ3v) is 2.68. The first-order chi connectivity index (χ1) is 5.74. The fourth-order valence-corrected chi connectivity index (χ4v) is 1.60. The monoisotopic (exact) mass is 189 g/mol. The lowest BCUT2D eigenvalue weighted by atomic mass is 9.85. The largest absolute Gasteiger partial charge is 0.345 e. The molecule has 12 heavy (non-hydrogen) atoms. The van der Waals surface area contributed by atoms with Crippen LogP contribution in [0.2, 0.25) is 0 Å². The predicted octanol–water partition coefficient (Wildman–Crippen LogP) is 1.87. The van der Waals surface area contributed by atoms with Crippen LogP contribution in [-0.4, -0.2) is 30.3 Å². The molecule has 1 fully saturated rings. The minimum atomic E-state index is 0.178. The number of alkyl halides is 1. The van der Waals surface area contributed by atoms with E-state index in [1.54, 1.807) is 0 Å². The summed E-state index contributed by atoms with van der Waals surface area (Å²) in [7, 11) is 1.87. The number of halogens is 1.